The monoisotopic (exact) mass is 1050 g/mol. The molecule has 0 atom stereocenters. The number of hydrogen-bond donors (Lipinski definition) is 0. The maximum atomic E-state index is 14.2. The van der Waals surface area contributed by atoms with Crippen LogP contribution in [0, 0.1) is 0 Å². The van der Waals surface area contributed by atoms with E-state index in [1.807, 2.05) is 0 Å². The molecular formula is C67H52F6N2Si2. The molecule has 0 aliphatic heterocycles. The third kappa shape index (κ3) is 7.58. The Bertz CT molecular complexity index is 3730. The van der Waals surface area contributed by atoms with Gasteiger partial charge in [0.15, 0.2) is 0 Å². The molecule has 0 amide bonds. The van der Waals surface area contributed by atoms with Gasteiger partial charge in [0, 0.05) is 34.1 Å². The molecule has 0 fully saturated rings. The van der Waals surface area contributed by atoms with Gasteiger partial charge in [-0.05, 0) is 181 Å². The van der Waals surface area contributed by atoms with Crippen LogP contribution in [0.2, 0.25) is 39.3 Å². The SMILES string of the molecule is C[Si](C)(C)c1ccc(N(c2ccc(C(F)(F)F)cc2)c2ccc3c(c2)C2(c4cc(N(c5ccc(C(F)(F)F)cc5)c5ccc([Si](C)(C)C)cc5)ccc4-3)c3ccccc3-c3c2cc2c4c(cccc34)-c3ccccc3-2)cc1. The summed E-state index contributed by atoms with van der Waals surface area (Å²) in [4.78, 5) is 4.11. The van der Waals surface area contributed by atoms with Crippen LogP contribution in [0.3, 0.4) is 0 Å². The topological polar surface area (TPSA) is 6.48 Å². The molecule has 10 aromatic rings. The highest BCUT2D eigenvalue weighted by molar-refractivity contribution is 6.89. The minimum atomic E-state index is -4.51. The van der Waals surface area contributed by atoms with Crippen molar-refractivity contribution in [3.63, 3.8) is 0 Å². The van der Waals surface area contributed by atoms with E-state index in [2.05, 4.69) is 207 Å². The van der Waals surface area contributed by atoms with Gasteiger partial charge < -0.3 is 9.80 Å². The first-order chi connectivity index (χ1) is 36.7. The fourth-order valence-corrected chi connectivity index (χ4v) is 14.8. The molecule has 0 aromatic heterocycles. The van der Waals surface area contributed by atoms with Gasteiger partial charge in [0.1, 0.15) is 0 Å². The molecule has 2 nitrogen and oxygen atoms in total. The first kappa shape index (κ1) is 48.7. The minimum Gasteiger partial charge on any atom is -0.310 e. The summed E-state index contributed by atoms with van der Waals surface area (Å²) in [5, 5.41) is 4.86. The van der Waals surface area contributed by atoms with Gasteiger partial charge in [-0.2, -0.15) is 26.3 Å². The summed E-state index contributed by atoms with van der Waals surface area (Å²) in [6.45, 7) is 13.7. The summed E-state index contributed by atoms with van der Waals surface area (Å²) in [7, 11) is -3.46. The van der Waals surface area contributed by atoms with Crippen LogP contribution in [0.5, 0.6) is 0 Å². The number of fused-ring (bicyclic) bond motifs is 14. The van der Waals surface area contributed by atoms with Gasteiger partial charge in [0.25, 0.3) is 0 Å². The second-order valence-corrected chi connectivity index (χ2v) is 32.9. The quantitative estimate of drug-likeness (QED) is 0.111. The number of rotatable bonds is 8. The first-order valence-electron chi connectivity index (χ1n) is 26.0. The number of halogens is 6. The van der Waals surface area contributed by atoms with E-state index in [4.69, 9.17) is 0 Å². The van der Waals surface area contributed by atoms with Crippen molar-refractivity contribution in [1.29, 1.82) is 0 Å². The minimum absolute atomic E-state index is 0.577. The van der Waals surface area contributed by atoms with Gasteiger partial charge in [-0.25, -0.2) is 0 Å². The fraction of sp³-hybridized carbons (Fsp3) is 0.134. The Morgan fingerprint density at radius 3 is 1.16 bits per heavy atom. The van der Waals surface area contributed by atoms with E-state index in [0.29, 0.717) is 11.4 Å². The van der Waals surface area contributed by atoms with Crippen LogP contribution in [0.15, 0.2) is 206 Å². The lowest BCUT2D eigenvalue weighted by Gasteiger charge is -2.34. The lowest BCUT2D eigenvalue weighted by molar-refractivity contribution is -0.138. The molecule has 380 valence electrons. The molecule has 77 heavy (non-hydrogen) atoms. The summed E-state index contributed by atoms with van der Waals surface area (Å²) in [5.74, 6) is 0. The van der Waals surface area contributed by atoms with E-state index in [9.17, 15) is 26.3 Å². The van der Waals surface area contributed by atoms with Crippen molar-refractivity contribution in [1.82, 2.24) is 0 Å². The Kier molecular flexibility index (Phi) is 10.8. The summed E-state index contributed by atoms with van der Waals surface area (Å²) in [5.41, 5.74) is 15.0. The largest absolute Gasteiger partial charge is 0.416 e. The Morgan fingerprint density at radius 2 is 0.714 bits per heavy atom. The van der Waals surface area contributed by atoms with E-state index in [0.717, 1.165) is 108 Å². The van der Waals surface area contributed by atoms with Gasteiger partial charge in [0.05, 0.1) is 32.7 Å². The molecule has 0 unspecified atom stereocenters. The third-order valence-corrected chi connectivity index (χ3v) is 20.3. The van der Waals surface area contributed by atoms with Crippen molar-refractivity contribution in [2.45, 2.75) is 57.0 Å². The fourth-order valence-electron chi connectivity index (χ4n) is 12.5. The molecule has 10 heteroatoms. The molecule has 3 aliphatic carbocycles. The molecule has 0 radical (unpaired) electrons. The third-order valence-electron chi connectivity index (χ3n) is 16.2. The van der Waals surface area contributed by atoms with Crippen LogP contribution in [-0.2, 0) is 17.8 Å². The lowest BCUT2D eigenvalue weighted by Crippen LogP contribution is -2.37. The number of hydrogen-bond acceptors (Lipinski definition) is 2. The average Bonchev–Trinajstić information content (AvgIpc) is 3.95. The predicted octanol–water partition coefficient (Wildman–Crippen LogP) is 18.9. The van der Waals surface area contributed by atoms with Crippen molar-refractivity contribution >= 4 is 71.4 Å². The normalized spacial score (nSPS) is 13.8. The highest BCUT2D eigenvalue weighted by Gasteiger charge is 2.53. The second kappa shape index (κ2) is 17.0. The molecule has 0 bridgehead atoms. The van der Waals surface area contributed by atoms with Gasteiger partial charge in [-0.1, -0.05) is 153 Å². The lowest BCUT2D eigenvalue weighted by atomic mass is 9.70. The van der Waals surface area contributed by atoms with Gasteiger partial charge >= 0.3 is 12.4 Å². The molecular weight excluding hydrogens is 1000 g/mol. The zero-order valence-corrected chi connectivity index (χ0v) is 45.3. The van der Waals surface area contributed by atoms with Crippen LogP contribution in [0.25, 0.3) is 55.3 Å². The number of alkyl halides is 6. The van der Waals surface area contributed by atoms with Gasteiger partial charge in [-0.3, -0.25) is 0 Å². The first-order valence-corrected chi connectivity index (χ1v) is 33.0. The molecule has 0 N–H and O–H groups in total. The molecule has 3 aliphatic rings. The molecule has 1 spiro atoms. The molecule has 10 aromatic carbocycles. The van der Waals surface area contributed by atoms with Crippen molar-refractivity contribution in [3.8, 4) is 44.5 Å². The summed E-state index contributed by atoms with van der Waals surface area (Å²) >= 11 is 0. The van der Waals surface area contributed by atoms with Crippen LogP contribution in [-0.4, -0.2) is 16.1 Å². The van der Waals surface area contributed by atoms with Crippen LogP contribution >= 0.6 is 0 Å². The zero-order chi connectivity index (χ0) is 53.6. The smallest absolute Gasteiger partial charge is 0.310 e. The molecule has 0 saturated heterocycles. The Balaban J connectivity index is 1.10. The molecule has 0 saturated carbocycles. The van der Waals surface area contributed by atoms with Crippen molar-refractivity contribution < 1.29 is 26.3 Å². The second-order valence-electron chi connectivity index (χ2n) is 22.7. The van der Waals surface area contributed by atoms with E-state index in [1.165, 1.54) is 26.9 Å². The maximum Gasteiger partial charge on any atom is 0.416 e. The number of anilines is 6. The Morgan fingerprint density at radius 1 is 0.325 bits per heavy atom. The number of nitrogens with zero attached hydrogens (tertiary/aromatic N) is 2. The Labute approximate surface area is 446 Å². The van der Waals surface area contributed by atoms with Crippen molar-refractivity contribution in [2.75, 3.05) is 9.80 Å². The van der Waals surface area contributed by atoms with E-state index in [1.54, 1.807) is 24.3 Å². The van der Waals surface area contributed by atoms with Crippen molar-refractivity contribution in [3.05, 3.63) is 240 Å². The number of benzene rings is 10. The van der Waals surface area contributed by atoms with Gasteiger partial charge in [0.2, 0.25) is 0 Å². The highest BCUT2D eigenvalue weighted by Crippen LogP contribution is 2.67. The van der Waals surface area contributed by atoms with Crippen LogP contribution in [0.1, 0.15) is 33.4 Å². The van der Waals surface area contributed by atoms with E-state index >= 15 is 0 Å². The average molecular weight is 1060 g/mol. The van der Waals surface area contributed by atoms with Crippen LogP contribution < -0.4 is 20.2 Å². The zero-order valence-electron chi connectivity index (χ0n) is 43.3. The maximum absolute atomic E-state index is 14.2. The summed E-state index contributed by atoms with van der Waals surface area (Å²) in [6, 6.07) is 66.8. The summed E-state index contributed by atoms with van der Waals surface area (Å²) in [6.07, 6.45) is -9.02. The molecule has 0 heterocycles. The van der Waals surface area contributed by atoms with Crippen LogP contribution in [0.4, 0.5) is 60.5 Å². The van der Waals surface area contributed by atoms with Gasteiger partial charge in [-0.15, -0.1) is 0 Å². The highest BCUT2D eigenvalue weighted by atomic mass is 28.3. The molecule has 13 rings (SSSR count). The Hall–Kier alpha value is -7.93. The predicted molar refractivity (Wildman–Crippen MR) is 310 cm³/mol. The van der Waals surface area contributed by atoms with E-state index < -0.39 is 45.0 Å². The standard InChI is InChI=1S/C67H52F6N2Si2/c1-76(2,3)49-32-26-45(27-33-49)74(43-22-18-41(19-23-43)66(68,69)70)47-30-36-53-54-37-31-48(75(44-24-20-42(21-25-44)67(71,72)73)46-28-34-50(35-29-46)77(4,5)6)39-61(54)65(60(53)38-47)59-17-10-9-14-56(59)64-57-16-11-15-55-51-12-7-8-13-52(51)58(63(55)57)40-62(64)65/h7-40H,1-6H3. The van der Waals surface area contributed by atoms with Crippen molar-refractivity contribution in [2.24, 2.45) is 0 Å². The summed E-state index contributed by atoms with van der Waals surface area (Å²) < 4.78 is 85.1. The van der Waals surface area contributed by atoms with E-state index in [-0.39, 0.29) is 0 Å².